The average Bonchev–Trinajstić information content (AvgIpc) is 2.63. The van der Waals surface area contributed by atoms with Gasteiger partial charge in [-0.25, -0.2) is 0 Å². The lowest BCUT2D eigenvalue weighted by Crippen LogP contribution is -2.17. The number of dihydropyridines is 1. The molecular weight excluding hydrogens is 318 g/mol. The topological polar surface area (TPSA) is 62.2 Å². The Balaban J connectivity index is 1.76. The Bertz CT molecular complexity index is 956. The fraction of sp³-hybridized carbons (Fsp3) is 0.217. The number of rotatable bonds is 4. The number of nitrogens with two attached hydrogens (primary N) is 1. The van der Waals surface area contributed by atoms with E-state index in [0.29, 0.717) is 5.84 Å². The molecule has 2 aromatic carbocycles. The van der Waals surface area contributed by atoms with Crippen molar-refractivity contribution in [3.63, 3.8) is 0 Å². The minimum Gasteiger partial charge on any atom is -0.384 e. The fourth-order valence-electron chi connectivity index (χ4n) is 3.21. The third-order valence-electron chi connectivity index (χ3n) is 4.67. The highest BCUT2D eigenvalue weighted by Crippen LogP contribution is 2.26. The Morgan fingerprint density at radius 3 is 2.69 bits per heavy atom. The van der Waals surface area contributed by atoms with Crippen LogP contribution >= 0.6 is 0 Å². The van der Waals surface area contributed by atoms with Crippen LogP contribution in [0.15, 0.2) is 65.2 Å². The number of amidine groups is 1. The van der Waals surface area contributed by atoms with Crippen molar-refractivity contribution in [2.75, 3.05) is 6.54 Å². The van der Waals surface area contributed by atoms with Crippen LogP contribution in [0.1, 0.15) is 28.7 Å². The minimum absolute atomic E-state index is 0.634. The molecule has 1 aliphatic rings. The van der Waals surface area contributed by atoms with Gasteiger partial charge in [-0.2, -0.15) is 5.26 Å². The van der Waals surface area contributed by atoms with Crippen LogP contribution in [0.25, 0.3) is 11.1 Å². The molecule has 26 heavy (non-hydrogen) atoms. The summed E-state index contributed by atoms with van der Waals surface area (Å²) in [5.74, 6) is 0.634. The maximum atomic E-state index is 9.09. The van der Waals surface area contributed by atoms with E-state index in [0.717, 1.165) is 41.6 Å². The summed E-state index contributed by atoms with van der Waals surface area (Å²) < 4.78 is 0. The molecule has 3 heteroatoms. The zero-order chi connectivity index (χ0) is 18.5. The van der Waals surface area contributed by atoms with E-state index in [1.165, 1.54) is 16.7 Å². The molecule has 3 nitrogen and oxygen atoms in total. The Hall–Kier alpha value is -3.12. The maximum Gasteiger partial charge on any atom is 0.125 e. The molecule has 1 aliphatic heterocycles. The highest BCUT2D eigenvalue weighted by molar-refractivity contribution is 6.00. The number of aryl methyl sites for hydroxylation is 2. The Morgan fingerprint density at radius 2 is 2.00 bits per heavy atom. The zero-order valence-corrected chi connectivity index (χ0v) is 15.3. The van der Waals surface area contributed by atoms with Gasteiger partial charge in [0, 0.05) is 12.1 Å². The van der Waals surface area contributed by atoms with Gasteiger partial charge >= 0.3 is 0 Å². The van der Waals surface area contributed by atoms with Crippen molar-refractivity contribution in [3.8, 4) is 17.2 Å². The van der Waals surface area contributed by atoms with Gasteiger partial charge in [0.15, 0.2) is 0 Å². The zero-order valence-electron chi connectivity index (χ0n) is 15.3. The second-order valence-corrected chi connectivity index (χ2v) is 6.61. The van der Waals surface area contributed by atoms with Gasteiger partial charge in [0.25, 0.3) is 0 Å². The van der Waals surface area contributed by atoms with Crippen molar-refractivity contribution in [2.45, 2.75) is 26.7 Å². The van der Waals surface area contributed by atoms with E-state index in [2.05, 4.69) is 60.5 Å². The van der Waals surface area contributed by atoms with E-state index in [1.807, 2.05) is 19.1 Å². The van der Waals surface area contributed by atoms with E-state index in [1.54, 1.807) is 0 Å². The molecule has 2 N–H and O–H groups in total. The van der Waals surface area contributed by atoms with Crippen molar-refractivity contribution in [2.24, 2.45) is 10.7 Å². The Kier molecular flexibility index (Phi) is 5.34. The molecular formula is C23H23N3. The largest absolute Gasteiger partial charge is 0.384 e. The first kappa shape index (κ1) is 17.7. The van der Waals surface area contributed by atoms with Crippen molar-refractivity contribution >= 4 is 5.84 Å². The van der Waals surface area contributed by atoms with Gasteiger partial charge in [-0.05, 0) is 60.6 Å². The Labute approximate surface area is 155 Å². The predicted octanol–water partition coefficient (Wildman–Crippen LogP) is 4.63. The number of nitriles is 1. The number of hydrogen-bond donors (Lipinski definition) is 1. The quantitative estimate of drug-likeness (QED) is 0.881. The molecule has 2 aromatic rings. The standard InChI is InChI=1S/C23H23N3/c1-16-14-20(9-10-21(16)15-24)22-11-8-18(13-17(22)2)5-3-6-19-7-4-12-26-23(19)25/h3,6-11,13-14H,4-5,12H2,1-2H3,(H2,25,26)/b6-3-. The van der Waals surface area contributed by atoms with Crippen molar-refractivity contribution < 1.29 is 0 Å². The summed E-state index contributed by atoms with van der Waals surface area (Å²) in [6, 6.07) is 14.8. The number of nitrogens with zero attached hydrogens (tertiary/aromatic N) is 2. The molecule has 0 radical (unpaired) electrons. The average molecular weight is 341 g/mol. The summed E-state index contributed by atoms with van der Waals surface area (Å²) in [7, 11) is 0. The second kappa shape index (κ2) is 7.84. The van der Waals surface area contributed by atoms with Gasteiger partial charge in [0.2, 0.25) is 0 Å². The van der Waals surface area contributed by atoms with Crippen LogP contribution in [0.5, 0.6) is 0 Å². The van der Waals surface area contributed by atoms with Crippen LogP contribution in [0, 0.1) is 25.2 Å². The molecule has 0 bridgehead atoms. The van der Waals surface area contributed by atoms with Gasteiger partial charge in [-0.15, -0.1) is 0 Å². The van der Waals surface area contributed by atoms with Crippen molar-refractivity contribution in [1.82, 2.24) is 0 Å². The third-order valence-corrected chi connectivity index (χ3v) is 4.67. The van der Waals surface area contributed by atoms with Crippen LogP contribution in [-0.2, 0) is 6.42 Å². The fourth-order valence-corrected chi connectivity index (χ4v) is 3.21. The van der Waals surface area contributed by atoms with Crippen molar-refractivity contribution in [3.05, 3.63) is 82.5 Å². The van der Waals surface area contributed by atoms with Crippen LogP contribution < -0.4 is 5.73 Å². The highest BCUT2D eigenvalue weighted by atomic mass is 14.9. The summed E-state index contributed by atoms with van der Waals surface area (Å²) in [5.41, 5.74) is 13.5. The number of aliphatic imine (C=N–C) groups is 1. The number of benzene rings is 2. The molecule has 0 amide bonds. The minimum atomic E-state index is 0.634. The summed E-state index contributed by atoms with van der Waals surface area (Å²) in [6.45, 7) is 4.90. The smallest absolute Gasteiger partial charge is 0.125 e. The number of allylic oxidation sites excluding steroid dienone is 1. The van der Waals surface area contributed by atoms with Gasteiger partial charge in [-0.3, -0.25) is 4.99 Å². The second-order valence-electron chi connectivity index (χ2n) is 6.61. The molecule has 3 rings (SSSR count). The normalized spacial score (nSPS) is 14.0. The lowest BCUT2D eigenvalue weighted by molar-refractivity contribution is 0.980. The first-order valence-corrected chi connectivity index (χ1v) is 8.86. The first-order chi connectivity index (χ1) is 12.6. The molecule has 0 atom stereocenters. The van der Waals surface area contributed by atoms with E-state index in [-0.39, 0.29) is 0 Å². The molecule has 0 spiro atoms. The van der Waals surface area contributed by atoms with Crippen LogP contribution in [0.3, 0.4) is 0 Å². The molecule has 0 saturated heterocycles. The van der Waals surface area contributed by atoms with Gasteiger partial charge < -0.3 is 5.73 Å². The monoisotopic (exact) mass is 341 g/mol. The molecule has 0 aromatic heterocycles. The Morgan fingerprint density at radius 1 is 1.15 bits per heavy atom. The summed E-state index contributed by atoms with van der Waals surface area (Å²) >= 11 is 0. The predicted molar refractivity (Wildman–Crippen MR) is 108 cm³/mol. The van der Waals surface area contributed by atoms with E-state index >= 15 is 0 Å². The van der Waals surface area contributed by atoms with E-state index < -0.39 is 0 Å². The van der Waals surface area contributed by atoms with Crippen LogP contribution in [-0.4, -0.2) is 12.4 Å². The van der Waals surface area contributed by atoms with Gasteiger partial charge in [0.1, 0.15) is 5.84 Å². The van der Waals surface area contributed by atoms with Crippen LogP contribution in [0.2, 0.25) is 0 Å². The molecule has 0 saturated carbocycles. The van der Waals surface area contributed by atoms with Gasteiger partial charge in [0.05, 0.1) is 11.6 Å². The van der Waals surface area contributed by atoms with E-state index in [9.17, 15) is 0 Å². The molecule has 1 heterocycles. The summed E-state index contributed by atoms with van der Waals surface area (Å²) in [4.78, 5) is 4.27. The van der Waals surface area contributed by atoms with Crippen molar-refractivity contribution in [1.29, 1.82) is 5.26 Å². The van der Waals surface area contributed by atoms with E-state index in [4.69, 9.17) is 11.0 Å². The molecule has 130 valence electrons. The lowest BCUT2D eigenvalue weighted by Gasteiger charge is -2.10. The molecule has 0 unspecified atom stereocenters. The van der Waals surface area contributed by atoms with Gasteiger partial charge in [-0.1, -0.05) is 48.6 Å². The lowest BCUT2D eigenvalue weighted by atomic mass is 9.95. The first-order valence-electron chi connectivity index (χ1n) is 8.86. The third kappa shape index (κ3) is 3.92. The molecule has 0 fully saturated rings. The summed E-state index contributed by atoms with van der Waals surface area (Å²) in [5, 5.41) is 9.09. The number of hydrogen-bond acceptors (Lipinski definition) is 3. The van der Waals surface area contributed by atoms with Crippen LogP contribution in [0.4, 0.5) is 0 Å². The molecule has 0 aliphatic carbocycles. The summed E-state index contributed by atoms with van der Waals surface area (Å²) in [6.07, 6.45) is 8.15. The SMILES string of the molecule is Cc1cc(-c2ccc(C/C=C\C3=CCCN=C3N)cc2C)ccc1C#N. The maximum absolute atomic E-state index is 9.09. The highest BCUT2D eigenvalue weighted by Gasteiger charge is 2.06.